The third kappa shape index (κ3) is 0.787. The molecule has 0 aromatic rings. The van der Waals surface area contributed by atoms with Crippen LogP contribution in [0, 0.1) is 0 Å². The van der Waals surface area contributed by atoms with Gasteiger partial charge in [-0.2, -0.15) is 0 Å². The molecule has 0 amide bonds. The van der Waals surface area contributed by atoms with Gasteiger partial charge in [-0.25, -0.2) is 0 Å². The molecule has 2 heteroatoms. The van der Waals surface area contributed by atoms with Gasteiger partial charge in [0, 0.05) is 20.6 Å². The molecule has 0 aliphatic heterocycles. The van der Waals surface area contributed by atoms with E-state index in [0.717, 1.165) is 18.4 Å². The first-order chi connectivity index (χ1) is 4.25. The van der Waals surface area contributed by atoms with Crippen LogP contribution in [-0.2, 0) is 9.47 Å². The molecule has 0 radical (unpaired) electrons. The van der Waals surface area contributed by atoms with Crippen LogP contribution in [0.25, 0.3) is 0 Å². The maximum atomic E-state index is 5.11. The highest BCUT2D eigenvalue weighted by Crippen LogP contribution is 2.39. The zero-order valence-electron chi connectivity index (χ0n) is 5.94. The van der Waals surface area contributed by atoms with Gasteiger partial charge in [0.1, 0.15) is 0 Å². The van der Waals surface area contributed by atoms with E-state index in [-0.39, 0.29) is 0 Å². The average Bonchev–Trinajstić information content (AvgIpc) is 1.89. The van der Waals surface area contributed by atoms with Crippen molar-refractivity contribution in [2.75, 3.05) is 14.2 Å². The zero-order valence-corrected chi connectivity index (χ0v) is 5.94. The Hall–Kier alpha value is -0.340. The highest BCUT2D eigenvalue weighted by molar-refractivity contribution is 5.18. The Balaban J connectivity index is 2.58. The van der Waals surface area contributed by atoms with E-state index in [1.165, 1.54) is 0 Å². The average molecular weight is 128 g/mol. The smallest absolute Gasteiger partial charge is 0.190 e. The Morgan fingerprint density at radius 2 is 2.00 bits per heavy atom. The Morgan fingerprint density at radius 3 is 2.00 bits per heavy atom. The lowest BCUT2D eigenvalue weighted by atomic mass is 9.85. The predicted octanol–water partition coefficient (Wildman–Crippen LogP) is 1.33. The zero-order chi connectivity index (χ0) is 6.91. The van der Waals surface area contributed by atoms with Gasteiger partial charge in [0.25, 0.3) is 0 Å². The van der Waals surface area contributed by atoms with Crippen LogP contribution < -0.4 is 0 Å². The van der Waals surface area contributed by atoms with Crippen molar-refractivity contribution in [2.45, 2.75) is 18.6 Å². The van der Waals surface area contributed by atoms with Crippen molar-refractivity contribution in [1.29, 1.82) is 0 Å². The van der Waals surface area contributed by atoms with Crippen LogP contribution in [0.2, 0.25) is 0 Å². The molecule has 1 aliphatic carbocycles. The SMILES string of the molecule is C=C1CCC1(OC)OC. The minimum absolute atomic E-state index is 0.431. The van der Waals surface area contributed by atoms with Crippen LogP contribution in [0.3, 0.4) is 0 Å². The molecule has 9 heavy (non-hydrogen) atoms. The molecule has 0 bridgehead atoms. The summed E-state index contributed by atoms with van der Waals surface area (Å²) in [5.41, 5.74) is 1.05. The highest BCUT2D eigenvalue weighted by Gasteiger charge is 2.41. The molecule has 1 saturated carbocycles. The molecule has 1 aliphatic rings. The molecule has 0 spiro atoms. The van der Waals surface area contributed by atoms with Gasteiger partial charge >= 0.3 is 0 Å². The summed E-state index contributed by atoms with van der Waals surface area (Å²) >= 11 is 0. The van der Waals surface area contributed by atoms with E-state index < -0.39 is 5.79 Å². The van der Waals surface area contributed by atoms with Crippen molar-refractivity contribution >= 4 is 0 Å². The van der Waals surface area contributed by atoms with Crippen molar-refractivity contribution in [2.24, 2.45) is 0 Å². The van der Waals surface area contributed by atoms with Gasteiger partial charge < -0.3 is 9.47 Å². The van der Waals surface area contributed by atoms with Crippen molar-refractivity contribution in [3.63, 3.8) is 0 Å². The Kier molecular flexibility index (Phi) is 1.60. The monoisotopic (exact) mass is 128 g/mol. The molecular weight excluding hydrogens is 116 g/mol. The summed E-state index contributed by atoms with van der Waals surface area (Å²) < 4.78 is 10.2. The fourth-order valence-corrected chi connectivity index (χ4v) is 1.08. The van der Waals surface area contributed by atoms with Crippen molar-refractivity contribution < 1.29 is 9.47 Å². The molecule has 0 unspecified atom stereocenters. The topological polar surface area (TPSA) is 18.5 Å². The molecule has 0 aromatic carbocycles. The van der Waals surface area contributed by atoms with E-state index in [0.29, 0.717) is 0 Å². The first-order valence-corrected chi connectivity index (χ1v) is 3.04. The van der Waals surface area contributed by atoms with Crippen LogP contribution in [0.1, 0.15) is 12.8 Å². The van der Waals surface area contributed by atoms with E-state index >= 15 is 0 Å². The van der Waals surface area contributed by atoms with Gasteiger partial charge in [-0.15, -0.1) is 0 Å². The number of methoxy groups -OCH3 is 2. The van der Waals surface area contributed by atoms with Crippen LogP contribution in [0.15, 0.2) is 12.2 Å². The maximum Gasteiger partial charge on any atom is 0.190 e. The summed E-state index contributed by atoms with van der Waals surface area (Å²) in [4.78, 5) is 0. The van der Waals surface area contributed by atoms with Crippen LogP contribution in [-0.4, -0.2) is 20.0 Å². The third-order valence-corrected chi connectivity index (χ3v) is 1.95. The Bertz CT molecular complexity index is 119. The maximum absolute atomic E-state index is 5.11. The fourth-order valence-electron chi connectivity index (χ4n) is 1.08. The first-order valence-electron chi connectivity index (χ1n) is 3.04. The van der Waals surface area contributed by atoms with Gasteiger partial charge in [0.2, 0.25) is 0 Å². The van der Waals surface area contributed by atoms with Crippen LogP contribution in [0.5, 0.6) is 0 Å². The molecule has 0 saturated heterocycles. The molecule has 0 heterocycles. The van der Waals surface area contributed by atoms with Gasteiger partial charge in [0.15, 0.2) is 5.79 Å². The number of hydrogen-bond acceptors (Lipinski definition) is 2. The second-order valence-corrected chi connectivity index (χ2v) is 2.26. The van der Waals surface area contributed by atoms with E-state index in [4.69, 9.17) is 9.47 Å². The largest absolute Gasteiger partial charge is 0.349 e. The third-order valence-electron chi connectivity index (χ3n) is 1.95. The molecule has 0 atom stereocenters. The number of hydrogen-bond donors (Lipinski definition) is 0. The summed E-state index contributed by atoms with van der Waals surface area (Å²) in [6.45, 7) is 3.81. The lowest BCUT2D eigenvalue weighted by Gasteiger charge is -2.40. The Morgan fingerprint density at radius 1 is 1.44 bits per heavy atom. The second kappa shape index (κ2) is 2.12. The van der Waals surface area contributed by atoms with Crippen molar-refractivity contribution in [3.8, 4) is 0 Å². The molecule has 1 rings (SSSR count). The molecular formula is C7H12O2. The van der Waals surface area contributed by atoms with E-state index in [2.05, 4.69) is 6.58 Å². The van der Waals surface area contributed by atoms with Crippen molar-refractivity contribution in [1.82, 2.24) is 0 Å². The molecule has 1 fully saturated rings. The summed E-state index contributed by atoms with van der Waals surface area (Å²) in [7, 11) is 3.29. The minimum Gasteiger partial charge on any atom is -0.349 e. The molecule has 0 aromatic heterocycles. The predicted molar refractivity (Wildman–Crippen MR) is 35.1 cm³/mol. The second-order valence-electron chi connectivity index (χ2n) is 2.26. The lowest BCUT2D eigenvalue weighted by molar-refractivity contribution is -0.208. The standard InChI is InChI=1S/C7H12O2/c1-6-4-5-7(6,8-2)9-3/h1,4-5H2,2-3H3. The van der Waals surface area contributed by atoms with Gasteiger partial charge in [-0.05, 0) is 12.0 Å². The fraction of sp³-hybridized carbons (Fsp3) is 0.714. The molecule has 52 valence electrons. The summed E-state index contributed by atoms with van der Waals surface area (Å²) in [6.07, 6.45) is 1.97. The lowest BCUT2D eigenvalue weighted by Crippen LogP contribution is -2.43. The number of rotatable bonds is 2. The summed E-state index contributed by atoms with van der Waals surface area (Å²) in [6, 6.07) is 0. The van der Waals surface area contributed by atoms with E-state index in [9.17, 15) is 0 Å². The first kappa shape index (κ1) is 6.78. The van der Waals surface area contributed by atoms with Crippen molar-refractivity contribution in [3.05, 3.63) is 12.2 Å². The summed E-state index contributed by atoms with van der Waals surface area (Å²) in [5, 5.41) is 0. The normalized spacial score (nSPS) is 23.6. The quantitative estimate of drug-likeness (QED) is 0.412. The Labute approximate surface area is 55.5 Å². The summed E-state index contributed by atoms with van der Waals surface area (Å²) in [5.74, 6) is -0.431. The van der Waals surface area contributed by atoms with E-state index in [1.54, 1.807) is 14.2 Å². The van der Waals surface area contributed by atoms with Gasteiger partial charge in [-0.3, -0.25) is 0 Å². The molecule has 2 nitrogen and oxygen atoms in total. The van der Waals surface area contributed by atoms with Gasteiger partial charge in [0.05, 0.1) is 0 Å². The van der Waals surface area contributed by atoms with Crippen LogP contribution in [0.4, 0.5) is 0 Å². The minimum atomic E-state index is -0.431. The highest BCUT2D eigenvalue weighted by atomic mass is 16.7. The number of ether oxygens (including phenoxy) is 2. The van der Waals surface area contributed by atoms with E-state index in [1.807, 2.05) is 0 Å². The van der Waals surface area contributed by atoms with Gasteiger partial charge in [-0.1, -0.05) is 6.58 Å². The molecule has 0 N–H and O–H groups in total. The van der Waals surface area contributed by atoms with Crippen LogP contribution >= 0.6 is 0 Å².